The highest BCUT2D eigenvalue weighted by atomic mass is 32.1. The highest BCUT2D eigenvalue weighted by Crippen LogP contribution is 2.50. The standard InChI is InChI=1S/C53H31N3S/c1-2-13-35-33(12-1)30-44(39-17-4-3-14-36(35)39)42-20-11-21-43-49-47(57-53(42)43)28-27-46-51(49)50-40-18-7-5-15-37(40)38-16-6-8-19-41(38)52(50)56(46)34-25-23-32(24-26-34)45-31-55-29-10-9-22-48(55)54-45/h1-31H. The number of thiophene rings is 1. The fraction of sp³-hybridized carbons (Fsp3) is 0. The molecular formula is C53H31N3S. The van der Waals surface area contributed by atoms with Crippen LogP contribution in [0.4, 0.5) is 0 Å². The Kier molecular flexibility index (Phi) is 6.32. The van der Waals surface area contributed by atoms with Crippen molar-refractivity contribution < 1.29 is 0 Å². The molecule has 0 aliphatic carbocycles. The van der Waals surface area contributed by atoms with E-state index in [0.717, 1.165) is 22.6 Å². The van der Waals surface area contributed by atoms with Gasteiger partial charge in [0.1, 0.15) is 5.65 Å². The topological polar surface area (TPSA) is 22.2 Å². The summed E-state index contributed by atoms with van der Waals surface area (Å²) >= 11 is 1.92. The summed E-state index contributed by atoms with van der Waals surface area (Å²) < 4.78 is 7.21. The van der Waals surface area contributed by atoms with Gasteiger partial charge in [0.15, 0.2) is 0 Å². The molecule has 4 aromatic heterocycles. The second-order valence-corrected chi connectivity index (χ2v) is 16.1. The van der Waals surface area contributed by atoms with Crippen molar-refractivity contribution in [2.75, 3.05) is 0 Å². The number of hydrogen-bond acceptors (Lipinski definition) is 2. The van der Waals surface area contributed by atoms with Gasteiger partial charge in [-0.1, -0.05) is 133 Å². The minimum Gasteiger partial charge on any atom is -0.309 e. The van der Waals surface area contributed by atoms with Gasteiger partial charge in [0.05, 0.1) is 16.7 Å². The van der Waals surface area contributed by atoms with Crippen LogP contribution in [0.3, 0.4) is 0 Å². The summed E-state index contributed by atoms with van der Waals surface area (Å²) in [6.45, 7) is 0. The number of fused-ring (bicyclic) bond motifs is 16. The van der Waals surface area contributed by atoms with Gasteiger partial charge >= 0.3 is 0 Å². The van der Waals surface area contributed by atoms with Gasteiger partial charge in [0, 0.05) is 65.5 Å². The number of aromatic nitrogens is 3. The number of benzene rings is 9. The largest absolute Gasteiger partial charge is 0.309 e. The number of pyridine rings is 1. The molecular weight excluding hydrogens is 711 g/mol. The van der Waals surface area contributed by atoms with Gasteiger partial charge in [0.2, 0.25) is 0 Å². The second-order valence-electron chi connectivity index (χ2n) is 15.1. The molecule has 0 atom stereocenters. The van der Waals surface area contributed by atoms with E-state index in [0.29, 0.717) is 0 Å². The van der Waals surface area contributed by atoms with Crippen molar-refractivity contribution in [2.45, 2.75) is 0 Å². The molecule has 0 radical (unpaired) electrons. The lowest BCUT2D eigenvalue weighted by molar-refractivity contribution is 1.19. The molecule has 0 spiro atoms. The Labute approximate surface area is 330 Å². The molecule has 0 bridgehead atoms. The number of imidazole rings is 1. The van der Waals surface area contributed by atoms with Crippen molar-refractivity contribution in [1.82, 2.24) is 14.0 Å². The van der Waals surface area contributed by atoms with E-state index in [1.165, 1.54) is 96.2 Å². The summed E-state index contributed by atoms with van der Waals surface area (Å²) in [5.74, 6) is 0. The van der Waals surface area contributed by atoms with Crippen molar-refractivity contribution >= 4 is 102 Å². The quantitative estimate of drug-likeness (QED) is 0.165. The highest BCUT2D eigenvalue weighted by Gasteiger charge is 2.23. The predicted octanol–water partition coefficient (Wildman–Crippen LogP) is 14.7. The lowest BCUT2D eigenvalue weighted by atomic mass is 9.92. The first-order valence-electron chi connectivity index (χ1n) is 19.5. The summed E-state index contributed by atoms with van der Waals surface area (Å²) in [7, 11) is 0. The smallest absolute Gasteiger partial charge is 0.137 e. The third-order valence-corrected chi connectivity index (χ3v) is 13.3. The van der Waals surface area contributed by atoms with E-state index in [4.69, 9.17) is 4.98 Å². The number of nitrogens with zero attached hydrogens (tertiary/aromatic N) is 3. The number of rotatable bonds is 3. The molecule has 0 aliphatic heterocycles. The zero-order chi connectivity index (χ0) is 37.2. The Bertz CT molecular complexity index is 3770. The van der Waals surface area contributed by atoms with E-state index >= 15 is 0 Å². The van der Waals surface area contributed by atoms with E-state index in [-0.39, 0.29) is 0 Å². The fourth-order valence-electron chi connectivity index (χ4n) is 9.66. The van der Waals surface area contributed by atoms with Crippen LogP contribution in [0.15, 0.2) is 188 Å². The Morgan fingerprint density at radius 3 is 1.93 bits per heavy atom. The van der Waals surface area contributed by atoms with Crippen LogP contribution in [0, 0.1) is 0 Å². The Morgan fingerprint density at radius 1 is 0.456 bits per heavy atom. The van der Waals surface area contributed by atoms with Gasteiger partial charge in [-0.3, -0.25) is 0 Å². The maximum absolute atomic E-state index is 4.93. The van der Waals surface area contributed by atoms with Crippen LogP contribution >= 0.6 is 11.3 Å². The van der Waals surface area contributed by atoms with Gasteiger partial charge in [-0.05, 0) is 85.7 Å². The van der Waals surface area contributed by atoms with E-state index in [1.807, 2.05) is 29.5 Å². The minimum atomic E-state index is 0.946. The average molecular weight is 742 g/mol. The Morgan fingerprint density at radius 2 is 1.12 bits per heavy atom. The van der Waals surface area contributed by atoms with E-state index in [1.54, 1.807) is 0 Å². The highest BCUT2D eigenvalue weighted by molar-refractivity contribution is 7.26. The van der Waals surface area contributed by atoms with Crippen LogP contribution in [-0.4, -0.2) is 14.0 Å². The maximum atomic E-state index is 4.93. The second kappa shape index (κ2) is 11.6. The van der Waals surface area contributed by atoms with Gasteiger partial charge < -0.3 is 8.97 Å². The van der Waals surface area contributed by atoms with Crippen LogP contribution in [0.2, 0.25) is 0 Å². The summed E-state index contributed by atoms with van der Waals surface area (Å²) in [6, 6.07) is 64.7. The maximum Gasteiger partial charge on any atom is 0.137 e. The number of hydrogen-bond donors (Lipinski definition) is 0. The predicted molar refractivity (Wildman–Crippen MR) is 243 cm³/mol. The van der Waals surface area contributed by atoms with Gasteiger partial charge in [0.25, 0.3) is 0 Å². The Balaban J connectivity index is 1.14. The van der Waals surface area contributed by atoms with Crippen molar-refractivity contribution in [3.63, 3.8) is 0 Å². The van der Waals surface area contributed by atoms with Crippen molar-refractivity contribution in [1.29, 1.82) is 0 Å². The molecule has 57 heavy (non-hydrogen) atoms. The summed E-state index contributed by atoms with van der Waals surface area (Å²) in [6.07, 6.45) is 4.16. The van der Waals surface area contributed by atoms with E-state index < -0.39 is 0 Å². The Hall–Kier alpha value is -7.27. The minimum absolute atomic E-state index is 0.946. The molecule has 9 aromatic carbocycles. The molecule has 0 aliphatic rings. The monoisotopic (exact) mass is 741 g/mol. The van der Waals surface area contributed by atoms with Gasteiger partial charge in [-0.2, -0.15) is 0 Å². The first-order chi connectivity index (χ1) is 28.3. The van der Waals surface area contributed by atoms with Crippen molar-refractivity contribution in [3.05, 3.63) is 188 Å². The molecule has 13 aromatic rings. The molecule has 264 valence electrons. The third-order valence-electron chi connectivity index (χ3n) is 12.1. The fourth-order valence-corrected chi connectivity index (χ4v) is 10.9. The van der Waals surface area contributed by atoms with Crippen LogP contribution in [-0.2, 0) is 0 Å². The first kappa shape index (κ1) is 31.0. The molecule has 0 unspecified atom stereocenters. The third kappa shape index (κ3) is 4.33. The molecule has 0 saturated heterocycles. The molecule has 4 heterocycles. The van der Waals surface area contributed by atoms with Gasteiger partial charge in [-0.15, -0.1) is 11.3 Å². The zero-order valence-corrected chi connectivity index (χ0v) is 31.5. The summed E-state index contributed by atoms with van der Waals surface area (Å²) in [5, 5.41) is 15.4. The molecule has 0 N–H and O–H groups in total. The van der Waals surface area contributed by atoms with Crippen LogP contribution in [0.1, 0.15) is 0 Å². The van der Waals surface area contributed by atoms with Gasteiger partial charge in [-0.25, -0.2) is 4.98 Å². The molecule has 3 nitrogen and oxygen atoms in total. The molecule has 13 rings (SSSR count). The molecule has 4 heteroatoms. The van der Waals surface area contributed by atoms with E-state index in [2.05, 4.69) is 179 Å². The average Bonchev–Trinajstić information content (AvgIpc) is 3.99. The zero-order valence-electron chi connectivity index (χ0n) is 30.6. The van der Waals surface area contributed by atoms with Crippen LogP contribution < -0.4 is 0 Å². The van der Waals surface area contributed by atoms with Crippen LogP contribution in [0.25, 0.3) is 119 Å². The van der Waals surface area contributed by atoms with E-state index in [9.17, 15) is 0 Å². The van der Waals surface area contributed by atoms with Crippen molar-refractivity contribution in [3.8, 4) is 28.1 Å². The lowest BCUT2D eigenvalue weighted by Crippen LogP contribution is -1.95. The molecule has 0 fully saturated rings. The summed E-state index contributed by atoms with van der Waals surface area (Å²) in [5.41, 5.74) is 9.15. The molecule has 0 saturated carbocycles. The summed E-state index contributed by atoms with van der Waals surface area (Å²) in [4.78, 5) is 4.93. The normalized spacial score (nSPS) is 12.2. The molecule has 0 amide bonds. The van der Waals surface area contributed by atoms with Crippen LogP contribution in [0.5, 0.6) is 0 Å². The van der Waals surface area contributed by atoms with Crippen molar-refractivity contribution in [2.24, 2.45) is 0 Å². The first-order valence-corrected chi connectivity index (χ1v) is 20.3. The lowest BCUT2D eigenvalue weighted by Gasteiger charge is -2.12. The SMILES string of the molecule is c1ccc2c(c1)cc(-c1cccc3c1sc1ccc4c(c13)c1c3ccccc3c3ccccc3c1n4-c1ccc(-c3cn4ccccc4n3)cc1)c1ccccc12.